The molecule has 0 N–H and O–H groups in total. The molecule has 0 aliphatic rings. The lowest BCUT2D eigenvalue weighted by Crippen LogP contribution is -2.13. The highest BCUT2D eigenvalue weighted by Crippen LogP contribution is 2.28. The molecule has 0 aromatic heterocycles. The first-order chi connectivity index (χ1) is 12.3. The van der Waals surface area contributed by atoms with Gasteiger partial charge in [0.2, 0.25) is 0 Å². The van der Waals surface area contributed by atoms with E-state index in [4.69, 9.17) is 4.74 Å². The van der Waals surface area contributed by atoms with Crippen LogP contribution in [-0.2, 0) is 0 Å². The number of fused-ring (bicyclic) bond motifs is 1. The van der Waals surface area contributed by atoms with Gasteiger partial charge in [0.05, 0.1) is 7.11 Å². The molecule has 134 valence electrons. The monoisotopic (exact) mass is 368 g/mol. The predicted molar refractivity (Wildman–Crippen MR) is 81.7 cm³/mol. The van der Waals surface area contributed by atoms with Gasteiger partial charge in [-0.2, -0.15) is 0 Å². The van der Waals surface area contributed by atoms with Gasteiger partial charge in [0, 0.05) is 17.5 Å². The Bertz CT molecular complexity index is 1010. The molecule has 3 aromatic rings. The molecule has 0 unspecified atom stereocenters. The summed E-state index contributed by atoms with van der Waals surface area (Å²) in [5, 5.41) is -0.340. The van der Waals surface area contributed by atoms with Gasteiger partial charge in [0.15, 0.2) is 17.5 Å². The van der Waals surface area contributed by atoms with Crippen LogP contribution >= 0.6 is 0 Å². The molecule has 3 nitrogen and oxygen atoms in total. The van der Waals surface area contributed by atoms with Crippen LogP contribution in [0.15, 0.2) is 36.4 Å². The Morgan fingerprint density at radius 1 is 0.808 bits per heavy atom. The second-order valence-corrected chi connectivity index (χ2v) is 5.22. The first-order valence-corrected chi connectivity index (χ1v) is 7.14. The zero-order valence-corrected chi connectivity index (χ0v) is 13.1. The van der Waals surface area contributed by atoms with E-state index in [-0.39, 0.29) is 22.3 Å². The number of rotatable bonds is 3. The Kier molecular flexibility index (Phi) is 4.50. The molecule has 0 aliphatic carbocycles. The third kappa shape index (κ3) is 3.05. The second kappa shape index (κ2) is 6.62. The Balaban J connectivity index is 1.97. The van der Waals surface area contributed by atoms with Gasteiger partial charge in [-0.05, 0) is 29.7 Å². The van der Waals surface area contributed by atoms with Crippen LogP contribution in [-0.4, -0.2) is 13.1 Å². The van der Waals surface area contributed by atoms with E-state index >= 15 is 0 Å². The average Bonchev–Trinajstić information content (AvgIpc) is 2.59. The Labute approximate surface area is 143 Å². The maximum atomic E-state index is 13.9. The van der Waals surface area contributed by atoms with Crippen LogP contribution in [0.2, 0.25) is 0 Å². The number of esters is 1. The molecule has 0 heterocycles. The highest BCUT2D eigenvalue weighted by atomic mass is 19.2. The third-order valence-electron chi connectivity index (χ3n) is 3.61. The smallest absolute Gasteiger partial charge is 0.349 e. The maximum Gasteiger partial charge on any atom is 0.349 e. The topological polar surface area (TPSA) is 35.5 Å². The fraction of sp³-hybridized carbons (Fsp3) is 0.0556. The fourth-order valence-corrected chi connectivity index (χ4v) is 2.37. The average molecular weight is 368 g/mol. The van der Waals surface area contributed by atoms with Crippen molar-refractivity contribution in [2.45, 2.75) is 0 Å². The molecule has 0 saturated carbocycles. The summed E-state index contributed by atoms with van der Waals surface area (Å²) in [4.78, 5) is 12.0. The lowest BCUT2D eigenvalue weighted by atomic mass is 10.1. The van der Waals surface area contributed by atoms with Crippen molar-refractivity contribution in [3.05, 3.63) is 71.0 Å². The van der Waals surface area contributed by atoms with Crippen molar-refractivity contribution in [3.63, 3.8) is 0 Å². The van der Waals surface area contributed by atoms with Crippen LogP contribution in [0.3, 0.4) is 0 Å². The molecular formula is C18H9F5O3. The molecule has 26 heavy (non-hydrogen) atoms. The minimum absolute atomic E-state index is 0.0950. The van der Waals surface area contributed by atoms with Crippen molar-refractivity contribution in [2.75, 3.05) is 7.11 Å². The SMILES string of the molecule is COc1cc(F)c(C(=O)Oc2ccc3c(F)c(F)c(F)cc3c2)c(F)c1. The van der Waals surface area contributed by atoms with Gasteiger partial charge in [-0.15, -0.1) is 0 Å². The minimum Gasteiger partial charge on any atom is -0.497 e. The predicted octanol–water partition coefficient (Wildman–Crippen LogP) is 4.76. The summed E-state index contributed by atoms with van der Waals surface area (Å²) in [5.74, 6) is -8.58. The number of carbonyl (C=O) groups is 1. The van der Waals surface area contributed by atoms with Gasteiger partial charge in [-0.3, -0.25) is 0 Å². The zero-order chi connectivity index (χ0) is 19.0. The third-order valence-corrected chi connectivity index (χ3v) is 3.61. The van der Waals surface area contributed by atoms with E-state index in [1.54, 1.807) is 0 Å². The number of methoxy groups -OCH3 is 1. The summed E-state index contributed by atoms with van der Waals surface area (Å²) in [7, 11) is 1.20. The van der Waals surface area contributed by atoms with Crippen LogP contribution in [0.1, 0.15) is 10.4 Å². The van der Waals surface area contributed by atoms with Gasteiger partial charge in [-0.25, -0.2) is 26.7 Å². The molecule has 0 radical (unpaired) electrons. The van der Waals surface area contributed by atoms with Crippen molar-refractivity contribution in [1.82, 2.24) is 0 Å². The second-order valence-electron chi connectivity index (χ2n) is 5.22. The molecule has 3 rings (SSSR count). The van der Waals surface area contributed by atoms with E-state index in [0.29, 0.717) is 6.07 Å². The summed E-state index contributed by atoms with van der Waals surface area (Å²) in [6.07, 6.45) is 0. The molecule has 0 spiro atoms. The number of ether oxygens (including phenoxy) is 2. The summed E-state index contributed by atoms with van der Waals surface area (Å²) in [6, 6.07) is 5.48. The van der Waals surface area contributed by atoms with Gasteiger partial charge < -0.3 is 9.47 Å². The molecule has 0 bridgehead atoms. The molecule has 0 atom stereocenters. The lowest BCUT2D eigenvalue weighted by molar-refractivity contribution is 0.0724. The number of hydrogen-bond donors (Lipinski definition) is 0. The van der Waals surface area contributed by atoms with E-state index < -0.39 is 40.6 Å². The summed E-state index contributed by atoms with van der Waals surface area (Å²) in [6.45, 7) is 0. The Hall–Kier alpha value is -3.16. The van der Waals surface area contributed by atoms with Crippen molar-refractivity contribution in [3.8, 4) is 11.5 Å². The Morgan fingerprint density at radius 3 is 2.08 bits per heavy atom. The minimum atomic E-state index is -1.63. The van der Waals surface area contributed by atoms with E-state index in [1.165, 1.54) is 7.11 Å². The van der Waals surface area contributed by atoms with Crippen molar-refractivity contribution in [2.24, 2.45) is 0 Å². The molecule has 0 fully saturated rings. The van der Waals surface area contributed by atoms with Crippen LogP contribution in [0.25, 0.3) is 10.8 Å². The Morgan fingerprint density at radius 2 is 1.46 bits per heavy atom. The summed E-state index contributed by atoms with van der Waals surface area (Å²) >= 11 is 0. The largest absolute Gasteiger partial charge is 0.497 e. The normalized spacial score (nSPS) is 10.8. The zero-order valence-electron chi connectivity index (χ0n) is 13.1. The van der Waals surface area contributed by atoms with Gasteiger partial charge >= 0.3 is 5.97 Å². The number of benzene rings is 3. The van der Waals surface area contributed by atoms with E-state index in [0.717, 1.165) is 30.3 Å². The van der Waals surface area contributed by atoms with E-state index in [1.807, 2.05) is 0 Å². The van der Waals surface area contributed by atoms with Crippen LogP contribution in [0.4, 0.5) is 22.0 Å². The van der Waals surface area contributed by atoms with E-state index in [9.17, 15) is 26.7 Å². The molecular weight excluding hydrogens is 359 g/mol. The number of hydrogen-bond acceptors (Lipinski definition) is 3. The highest BCUT2D eigenvalue weighted by molar-refractivity contribution is 5.93. The molecule has 3 aromatic carbocycles. The first-order valence-electron chi connectivity index (χ1n) is 7.14. The summed E-state index contributed by atoms with van der Waals surface area (Å²) in [5.41, 5.74) is -0.956. The molecule has 0 amide bonds. The van der Waals surface area contributed by atoms with Crippen molar-refractivity contribution < 1.29 is 36.2 Å². The van der Waals surface area contributed by atoms with Crippen molar-refractivity contribution >= 4 is 16.7 Å². The lowest BCUT2D eigenvalue weighted by Gasteiger charge is -2.09. The van der Waals surface area contributed by atoms with Crippen molar-refractivity contribution in [1.29, 1.82) is 0 Å². The molecule has 0 saturated heterocycles. The summed E-state index contributed by atoms with van der Waals surface area (Å²) < 4.78 is 77.5. The van der Waals surface area contributed by atoms with Crippen LogP contribution in [0.5, 0.6) is 11.5 Å². The van der Waals surface area contributed by atoms with Gasteiger partial charge in [-0.1, -0.05) is 0 Å². The van der Waals surface area contributed by atoms with Crippen LogP contribution < -0.4 is 9.47 Å². The van der Waals surface area contributed by atoms with Crippen LogP contribution in [0, 0.1) is 29.1 Å². The standard InChI is InChI=1S/C18H9F5O3/c1-25-10-6-12(19)15(13(20)7-10)18(24)26-9-2-3-11-8(4-9)5-14(21)17(23)16(11)22/h2-7H,1H3. The highest BCUT2D eigenvalue weighted by Gasteiger charge is 2.22. The van der Waals surface area contributed by atoms with Gasteiger partial charge in [0.1, 0.15) is 28.7 Å². The number of carbonyl (C=O) groups excluding carboxylic acids is 1. The fourth-order valence-electron chi connectivity index (χ4n) is 2.37. The molecule has 0 aliphatic heterocycles. The quantitative estimate of drug-likeness (QED) is 0.289. The van der Waals surface area contributed by atoms with Gasteiger partial charge in [0.25, 0.3) is 0 Å². The number of halogens is 5. The maximum absolute atomic E-state index is 13.9. The first kappa shape index (κ1) is 17.7. The van der Waals surface area contributed by atoms with E-state index in [2.05, 4.69) is 4.74 Å². The molecule has 8 heteroatoms.